The van der Waals surface area contributed by atoms with E-state index in [-0.39, 0.29) is 35.9 Å². The molecule has 0 spiro atoms. The van der Waals surface area contributed by atoms with Gasteiger partial charge in [0.15, 0.2) is 9.84 Å². The minimum absolute atomic E-state index is 0.0861. The lowest BCUT2D eigenvalue weighted by atomic mass is 9.98. The van der Waals surface area contributed by atoms with Crippen LogP contribution in [-0.2, 0) is 14.6 Å². The molecule has 4 rings (SSSR count). The van der Waals surface area contributed by atoms with Crippen LogP contribution in [0.5, 0.6) is 5.75 Å². The Hall–Kier alpha value is -1.84. The van der Waals surface area contributed by atoms with Gasteiger partial charge >= 0.3 is 6.03 Å². The van der Waals surface area contributed by atoms with E-state index in [1.54, 1.807) is 0 Å². The Kier molecular flexibility index (Phi) is 8.37. The van der Waals surface area contributed by atoms with E-state index in [1.807, 2.05) is 18.2 Å². The molecule has 0 unspecified atom stereocenters. The number of hydrogen-bond donors (Lipinski definition) is 1. The molecule has 0 radical (unpaired) electrons. The van der Waals surface area contributed by atoms with E-state index in [9.17, 15) is 18.0 Å². The summed E-state index contributed by atoms with van der Waals surface area (Å²) in [5.41, 5.74) is 0.954. The van der Waals surface area contributed by atoms with Crippen molar-refractivity contribution in [2.45, 2.75) is 44.4 Å². The van der Waals surface area contributed by atoms with Gasteiger partial charge < -0.3 is 14.5 Å². The number of carbonyl (C=O) groups is 2. The monoisotopic (exact) mass is 511 g/mol. The van der Waals surface area contributed by atoms with Gasteiger partial charge in [0.25, 0.3) is 0 Å². The SMILES string of the molecule is O=C1CN(CCCCCS(=O)(=O)C[C@H](CN2CCC2)c2ccc(Cl)c(OCC3CC3)c2)C(=O)N1. The van der Waals surface area contributed by atoms with Crippen LogP contribution >= 0.6 is 11.6 Å². The zero-order valence-electron chi connectivity index (χ0n) is 19.5. The maximum atomic E-state index is 13.0. The van der Waals surface area contributed by atoms with E-state index < -0.39 is 9.84 Å². The van der Waals surface area contributed by atoms with Gasteiger partial charge in [-0.25, -0.2) is 13.2 Å². The number of imide groups is 1. The van der Waals surface area contributed by atoms with Gasteiger partial charge in [-0.2, -0.15) is 0 Å². The number of carbonyl (C=O) groups excluding carboxylic acids is 2. The Labute approximate surface area is 206 Å². The maximum Gasteiger partial charge on any atom is 0.324 e. The summed E-state index contributed by atoms with van der Waals surface area (Å²) in [5.74, 6) is 1.04. The summed E-state index contributed by atoms with van der Waals surface area (Å²) in [6.45, 7) is 3.92. The van der Waals surface area contributed by atoms with Crippen LogP contribution in [0.25, 0.3) is 0 Å². The van der Waals surface area contributed by atoms with E-state index in [0.717, 1.165) is 25.1 Å². The molecule has 1 aromatic rings. The molecule has 3 aliphatic rings. The molecule has 34 heavy (non-hydrogen) atoms. The first-order valence-electron chi connectivity index (χ1n) is 12.2. The van der Waals surface area contributed by atoms with Gasteiger partial charge in [-0.1, -0.05) is 24.1 Å². The largest absolute Gasteiger partial charge is 0.492 e. The highest BCUT2D eigenvalue weighted by Crippen LogP contribution is 2.34. The topological polar surface area (TPSA) is 96.0 Å². The predicted octanol–water partition coefficient (Wildman–Crippen LogP) is 3.06. The quantitative estimate of drug-likeness (QED) is 0.304. The molecule has 8 nitrogen and oxygen atoms in total. The highest BCUT2D eigenvalue weighted by molar-refractivity contribution is 7.91. The summed E-state index contributed by atoms with van der Waals surface area (Å²) in [7, 11) is -3.26. The van der Waals surface area contributed by atoms with Crippen molar-refractivity contribution in [2.24, 2.45) is 5.92 Å². The molecule has 1 atom stereocenters. The number of amides is 3. The Balaban J connectivity index is 1.31. The molecule has 3 fully saturated rings. The molecule has 3 amide bonds. The molecule has 2 aliphatic heterocycles. The van der Waals surface area contributed by atoms with Crippen molar-refractivity contribution >= 4 is 33.4 Å². The summed E-state index contributed by atoms with van der Waals surface area (Å²) >= 11 is 6.34. The van der Waals surface area contributed by atoms with Crippen LogP contribution in [0.1, 0.15) is 50.0 Å². The fourth-order valence-electron chi connectivity index (χ4n) is 4.36. The Morgan fingerprint density at radius 3 is 2.59 bits per heavy atom. The number of sulfone groups is 1. The second kappa shape index (κ2) is 11.3. The van der Waals surface area contributed by atoms with Gasteiger partial charge in [0.2, 0.25) is 5.91 Å². The number of urea groups is 1. The minimum Gasteiger partial charge on any atom is -0.492 e. The normalized spacial score (nSPS) is 19.7. The third-order valence-corrected chi connectivity index (χ3v) is 8.87. The number of nitrogens with one attached hydrogen (secondary N) is 1. The molecule has 188 valence electrons. The first-order chi connectivity index (χ1) is 16.3. The molecule has 1 N–H and O–H groups in total. The summed E-state index contributed by atoms with van der Waals surface area (Å²) < 4.78 is 31.9. The zero-order chi connectivity index (χ0) is 24.1. The molecule has 2 saturated heterocycles. The first kappa shape index (κ1) is 25.3. The molecule has 0 bridgehead atoms. The fraction of sp³-hybridized carbons (Fsp3) is 0.667. The molecule has 1 aliphatic carbocycles. The molecule has 2 heterocycles. The standard InChI is InChI=1S/C24H34ClN3O5S/c25-21-8-7-19(13-22(21)33-16-18-5-6-18)20(14-27-9-4-10-27)17-34(31,32)12-3-1-2-11-28-15-23(29)26-24(28)30/h7-8,13,18,20H,1-6,9-12,14-17H2,(H,26,29,30)/t20-/m0/s1. The lowest BCUT2D eigenvalue weighted by Gasteiger charge is -2.34. The average molecular weight is 512 g/mol. The average Bonchev–Trinajstić information content (AvgIpc) is 3.52. The zero-order valence-corrected chi connectivity index (χ0v) is 21.1. The third-order valence-electron chi connectivity index (χ3n) is 6.73. The highest BCUT2D eigenvalue weighted by Gasteiger charge is 2.28. The van der Waals surface area contributed by atoms with Crippen molar-refractivity contribution in [1.82, 2.24) is 15.1 Å². The number of benzene rings is 1. The van der Waals surface area contributed by atoms with Crippen LogP contribution < -0.4 is 10.1 Å². The van der Waals surface area contributed by atoms with Gasteiger partial charge in [0, 0.05) is 19.0 Å². The second-order valence-corrected chi connectivity index (χ2v) is 12.4. The molecule has 1 saturated carbocycles. The van der Waals surface area contributed by atoms with Crippen LogP contribution in [0.3, 0.4) is 0 Å². The fourth-order valence-corrected chi connectivity index (χ4v) is 6.26. The number of rotatable bonds is 14. The second-order valence-electron chi connectivity index (χ2n) is 9.75. The van der Waals surface area contributed by atoms with Gasteiger partial charge in [-0.05, 0) is 68.8 Å². The van der Waals surface area contributed by atoms with E-state index in [4.69, 9.17) is 16.3 Å². The summed E-state index contributed by atoms with van der Waals surface area (Å²) in [5, 5.41) is 2.81. The highest BCUT2D eigenvalue weighted by atomic mass is 35.5. The summed E-state index contributed by atoms with van der Waals surface area (Å²) in [4.78, 5) is 26.6. The molecule has 0 aromatic heterocycles. The molecule has 1 aromatic carbocycles. The lowest BCUT2D eigenvalue weighted by Crippen LogP contribution is -2.41. The van der Waals surface area contributed by atoms with Gasteiger partial charge in [0.05, 0.1) is 23.1 Å². The minimum atomic E-state index is -3.26. The van der Waals surface area contributed by atoms with Crippen molar-refractivity contribution in [3.8, 4) is 5.75 Å². The lowest BCUT2D eigenvalue weighted by molar-refractivity contribution is -0.118. The molecule has 10 heteroatoms. The molecular formula is C24H34ClN3O5S. The van der Waals surface area contributed by atoms with E-state index in [2.05, 4.69) is 10.2 Å². The number of unbranched alkanes of at least 4 members (excludes halogenated alkanes) is 2. The van der Waals surface area contributed by atoms with Crippen LogP contribution in [-0.4, -0.2) is 81.0 Å². The van der Waals surface area contributed by atoms with Crippen LogP contribution in [0.4, 0.5) is 4.79 Å². The number of halogens is 1. The van der Waals surface area contributed by atoms with E-state index in [0.29, 0.717) is 55.6 Å². The van der Waals surface area contributed by atoms with Crippen LogP contribution in [0, 0.1) is 5.92 Å². The van der Waals surface area contributed by atoms with Crippen molar-refractivity contribution in [3.63, 3.8) is 0 Å². The smallest absolute Gasteiger partial charge is 0.324 e. The van der Waals surface area contributed by atoms with Gasteiger partial charge in [-0.3, -0.25) is 10.1 Å². The third kappa shape index (κ3) is 7.33. The number of nitrogens with zero attached hydrogens (tertiary/aromatic N) is 2. The number of hydrogen-bond acceptors (Lipinski definition) is 6. The van der Waals surface area contributed by atoms with Gasteiger partial charge in [0.1, 0.15) is 12.3 Å². The molecular weight excluding hydrogens is 478 g/mol. The first-order valence-corrected chi connectivity index (χ1v) is 14.4. The van der Waals surface area contributed by atoms with Crippen LogP contribution in [0.2, 0.25) is 5.02 Å². The van der Waals surface area contributed by atoms with Gasteiger partial charge in [-0.15, -0.1) is 0 Å². The Bertz CT molecular complexity index is 994. The Morgan fingerprint density at radius 1 is 1.15 bits per heavy atom. The summed E-state index contributed by atoms with van der Waals surface area (Å²) in [6, 6.07) is 5.30. The number of ether oxygens (including phenoxy) is 1. The van der Waals surface area contributed by atoms with Crippen molar-refractivity contribution in [3.05, 3.63) is 28.8 Å². The van der Waals surface area contributed by atoms with E-state index >= 15 is 0 Å². The predicted molar refractivity (Wildman–Crippen MR) is 131 cm³/mol. The van der Waals surface area contributed by atoms with E-state index in [1.165, 1.54) is 17.7 Å². The maximum absolute atomic E-state index is 13.0. The summed E-state index contributed by atoms with van der Waals surface area (Å²) in [6.07, 6.45) is 5.43. The van der Waals surface area contributed by atoms with Crippen molar-refractivity contribution in [1.29, 1.82) is 0 Å². The van der Waals surface area contributed by atoms with Crippen LogP contribution in [0.15, 0.2) is 18.2 Å². The van der Waals surface area contributed by atoms with Crippen molar-refractivity contribution in [2.75, 3.05) is 50.8 Å². The number of likely N-dealkylation sites (tertiary alicyclic amines) is 1. The Morgan fingerprint density at radius 2 is 1.94 bits per heavy atom. The van der Waals surface area contributed by atoms with Crippen molar-refractivity contribution < 1.29 is 22.7 Å².